The number of ether oxygens (including phenoxy) is 2. The fraction of sp³-hybridized carbons (Fsp3) is 0.425. The number of carbonyl (C=O) groups is 5. The van der Waals surface area contributed by atoms with Crippen molar-refractivity contribution in [3.8, 4) is 11.5 Å². The molecule has 1 saturated carbocycles. The summed E-state index contributed by atoms with van der Waals surface area (Å²) in [6.07, 6.45) is 4.65. The van der Waals surface area contributed by atoms with E-state index in [2.05, 4.69) is 26.6 Å². The van der Waals surface area contributed by atoms with E-state index in [9.17, 15) is 24.0 Å². The van der Waals surface area contributed by atoms with Crippen molar-refractivity contribution in [3.05, 3.63) is 95.6 Å². The lowest BCUT2D eigenvalue weighted by molar-refractivity contribution is -0.138. The standard InChI is InChI=1S/C40H49N5O7/c1-51-30-17-10-15-28(25-30)16-11-22-41-38(49)33-27-35(46)45-40(20-8-3-9-21-40)39(50)44-32(26-29-13-4-2-5-14-29)37(48)42-23-12-24-52-34-19-7-6-18-31(34)36(47)43-33/h2,4-7,10,13-15,17-19,25,32-33H,3,8-9,11-12,16,20-24,26-27H2,1H3,(H,41,49)(H,42,48)(H,43,47)(H,44,50)(H,45,46)/t32-,33-/m0/s1. The minimum Gasteiger partial charge on any atom is -0.497 e. The lowest BCUT2D eigenvalue weighted by Gasteiger charge is -2.38. The molecule has 12 nitrogen and oxygen atoms in total. The van der Waals surface area contributed by atoms with Crippen LogP contribution in [0.25, 0.3) is 0 Å². The summed E-state index contributed by atoms with van der Waals surface area (Å²) in [5, 5.41) is 14.5. The van der Waals surface area contributed by atoms with E-state index in [-0.39, 0.29) is 31.0 Å². The van der Waals surface area contributed by atoms with Crippen LogP contribution >= 0.6 is 0 Å². The van der Waals surface area contributed by atoms with Gasteiger partial charge < -0.3 is 36.1 Å². The first-order valence-electron chi connectivity index (χ1n) is 18.1. The van der Waals surface area contributed by atoms with Gasteiger partial charge in [-0.1, -0.05) is 73.9 Å². The maximum absolute atomic E-state index is 14.1. The molecule has 1 spiro atoms. The van der Waals surface area contributed by atoms with Crippen LogP contribution < -0.4 is 36.1 Å². The molecule has 52 heavy (non-hydrogen) atoms. The number of hydrogen-bond acceptors (Lipinski definition) is 7. The molecule has 1 fully saturated rings. The molecule has 5 amide bonds. The quantitative estimate of drug-likeness (QED) is 0.224. The minimum atomic E-state index is -1.28. The van der Waals surface area contributed by atoms with Crippen molar-refractivity contribution in [3.63, 3.8) is 0 Å². The van der Waals surface area contributed by atoms with Gasteiger partial charge in [0.05, 0.1) is 25.7 Å². The number of hydrogen-bond donors (Lipinski definition) is 5. The zero-order valence-electron chi connectivity index (χ0n) is 29.7. The van der Waals surface area contributed by atoms with E-state index < -0.39 is 47.7 Å². The van der Waals surface area contributed by atoms with Crippen LogP contribution in [0.1, 0.15) is 72.9 Å². The monoisotopic (exact) mass is 711 g/mol. The zero-order chi connectivity index (χ0) is 36.8. The van der Waals surface area contributed by atoms with E-state index >= 15 is 0 Å². The van der Waals surface area contributed by atoms with E-state index in [4.69, 9.17) is 9.47 Å². The molecule has 2 atom stereocenters. The Morgan fingerprint density at radius 2 is 1.63 bits per heavy atom. The SMILES string of the molecule is COc1cccc(CCCNC(=O)[C@@H]2CC(=O)NC3(CCCCC3)C(=O)N[C@@H](Cc3ccccc3)C(=O)NCCCOc3ccccc3C(=O)N2)c1. The predicted molar refractivity (Wildman–Crippen MR) is 196 cm³/mol. The maximum atomic E-state index is 14.1. The molecule has 5 N–H and O–H groups in total. The Labute approximate surface area is 304 Å². The number of fused-ring (bicyclic) bond motifs is 1. The third-order valence-electron chi connectivity index (χ3n) is 9.52. The van der Waals surface area contributed by atoms with E-state index in [0.717, 1.165) is 23.3 Å². The smallest absolute Gasteiger partial charge is 0.255 e. The van der Waals surface area contributed by atoms with Crippen LogP contribution in [0.5, 0.6) is 11.5 Å². The molecule has 1 aliphatic heterocycles. The van der Waals surface area contributed by atoms with E-state index in [1.54, 1.807) is 31.4 Å². The van der Waals surface area contributed by atoms with Gasteiger partial charge in [-0.3, -0.25) is 24.0 Å². The molecule has 0 aromatic heterocycles. The lowest BCUT2D eigenvalue weighted by Crippen LogP contribution is -2.63. The van der Waals surface area contributed by atoms with E-state index in [0.29, 0.717) is 57.2 Å². The Bertz CT molecular complexity index is 1690. The van der Waals surface area contributed by atoms with Crippen molar-refractivity contribution in [1.29, 1.82) is 0 Å². The van der Waals surface area contributed by atoms with Crippen LogP contribution in [0, 0.1) is 0 Å². The average molecular weight is 712 g/mol. The van der Waals surface area contributed by atoms with Crippen LogP contribution in [0.2, 0.25) is 0 Å². The number of nitrogens with one attached hydrogen (secondary N) is 5. The molecule has 0 radical (unpaired) electrons. The second kappa shape index (κ2) is 18.7. The molecular formula is C40H49N5O7. The van der Waals surface area contributed by atoms with E-state index in [1.807, 2.05) is 54.6 Å². The highest BCUT2D eigenvalue weighted by molar-refractivity contribution is 6.01. The van der Waals surface area contributed by atoms with Crippen LogP contribution in [-0.2, 0) is 32.0 Å². The number of rotatable bonds is 8. The predicted octanol–water partition coefficient (Wildman–Crippen LogP) is 3.38. The highest BCUT2D eigenvalue weighted by Crippen LogP contribution is 2.29. The second-order valence-electron chi connectivity index (χ2n) is 13.4. The van der Waals surface area contributed by atoms with Crippen molar-refractivity contribution in [2.24, 2.45) is 0 Å². The molecule has 0 bridgehead atoms. The number of amides is 5. The Morgan fingerprint density at radius 1 is 0.885 bits per heavy atom. The highest BCUT2D eigenvalue weighted by Gasteiger charge is 2.43. The van der Waals surface area contributed by atoms with Gasteiger partial charge in [-0.15, -0.1) is 0 Å². The molecule has 2 aliphatic rings. The molecule has 12 heteroatoms. The fourth-order valence-corrected chi connectivity index (χ4v) is 6.69. The molecule has 276 valence electrons. The first kappa shape index (κ1) is 37.9. The highest BCUT2D eigenvalue weighted by atomic mass is 16.5. The van der Waals surface area contributed by atoms with Gasteiger partial charge in [-0.25, -0.2) is 0 Å². The Balaban J connectivity index is 1.37. The molecule has 1 aliphatic carbocycles. The van der Waals surface area contributed by atoms with Gasteiger partial charge in [-0.05, 0) is 67.5 Å². The van der Waals surface area contributed by atoms with Gasteiger partial charge >= 0.3 is 0 Å². The number of benzene rings is 3. The van der Waals surface area contributed by atoms with Gasteiger partial charge in [0.1, 0.15) is 29.1 Å². The van der Waals surface area contributed by atoms with Gasteiger partial charge in [-0.2, -0.15) is 0 Å². The first-order valence-corrected chi connectivity index (χ1v) is 18.1. The summed E-state index contributed by atoms with van der Waals surface area (Å²) in [6, 6.07) is 21.6. The van der Waals surface area contributed by atoms with Crippen LogP contribution in [0.15, 0.2) is 78.9 Å². The fourth-order valence-electron chi connectivity index (χ4n) is 6.69. The van der Waals surface area contributed by atoms with Gasteiger partial charge in [0.15, 0.2) is 0 Å². The third-order valence-corrected chi connectivity index (χ3v) is 9.52. The average Bonchev–Trinajstić information content (AvgIpc) is 3.16. The normalized spacial score (nSPS) is 20.0. The summed E-state index contributed by atoms with van der Waals surface area (Å²) in [6.45, 7) is 0.778. The summed E-state index contributed by atoms with van der Waals surface area (Å²) < 4.78 is 11.2. The summed E-state index contributed by atoms with van der Waals surface area (Å²) in [7, 11) is 1.61. The minimum absolute atomic E-state index is 0.197. The van der Waals surface area contributed by atoms with Crippen molar-refractivity contribution in [2.75, 3.05) is 26.8 Å². The number of aryl methyl sites for hydroxylation is 1. The zero-order valence-corrected chi connectivity index (χ0v) is 29.7. The summed E-state index contributed by atoms with van der Waals surface area (Å²) in [4.78, 5) is 68.8. The van der Waals surface area contributed by atoms with Crippen molar-refractivity contribution < 1.29 is 33.4 Å². The molecule has 0 unspecified atom stereocenters. The van der Waals surface area contributed by atoms with Gasteiger partial charge in [0, 0.05) is 19.5 Å². The Hall–Kier alpha value is -5.39. The van der Waals surface area contributed by atoms with Crippen LogP contribution in [0.4, 0.5) is 0 Å². The van der Waals surface area contributed by atoms with Gasteiger partial charge in [0.25, 0.3) is 5.91 Å². The number of methoxy groups -OCH3 is 1. The van der Waals surface area contributed by atoms with Crippen molar-refractivity contribution in [2.45, 2.75) is 81.8 Å². The lowest BCUT2D eigenvalue weighted by atomic mass is 9.80. The Kier molecular flexibility index (Phi) is 13.6. The third kappa shape index (κ3) is 10.6. The molecule has 3 aromatic rings. The van der Waals surface area contributed by atoms with Crippen molar-refractivity contribution in [1.82, 2.24) is 26.6 Å². The molecule has 0 saturated heterocycles. The van der Waals surface area contributed by atoms with Crippen molar-refractivity contribution >= 4 is 29.5 Å². The molecular weight excluding hydrogens is 662 g/mol. The summed E-state index contributed by atoms with van der Waals surface area (Å²) in [5.41, 5.74) is 0.849. The van der Waals surface area contributed by atoms with E-state index in [1.165, 1.54) is 0 Å². The maximum Gasteiger partial charge on any atom is 0.255 e. The second-order valence-corrected chi connectivity index (χ2v) is 13.4. The number of para-hydroxylation sites is 1. The number of carbonyl (C=O) groups excluding carboxylic acids is 5. The molecule has 5 rings (SSSR count). The summed E-state index contributed by atoms with van der Waals surface area (Å²) >= 11 is 0. The van der Waals surface area contributed by atoms with Gasteiger partial charge in [0.2, 0.25) is 23.6 Å². The first-order chi connectivity index (χ1) is 25.3. The summed E-state index contributed by atoms with van der Waals surface area (Å²) in [5.74, 6) is -1.41. The largest absolute Gasteiger partial charge is 0.497 e. The Morgan fingerprint density at radius 3 is 2.42 bits per heavy atom. The van der Waals surface area contributed by atoms with Crippen LogP contribution in [0.3, 0.4) is 0 Å². The molecule has 3 aromatic carbocycles. The van der Waals surface area contributed by atoms with Crippen LogP contribution in [-0.4, -0.2) is 74.0 Å². The topological polar surface area (TPSA) is 164 Å². The molecule has 1 heterocycles.